The second-order valence-corrected chi connectivity index (χ2v) is 4.58. The Morgan fingerprint density at radius 3 is 2.31 bits per heavy atom. The van der Waals surface area contributed by atoms with E-state index in [0.29, 0.717) is 0 Å². The number of nitrogens with zero attached hydrogens (tertiary/aromatic N) is 1. The van der Waals surface area contributed by atoms with Crippen molar-refractivity contribution < 1.29 is 0 Å². The van der Waals surface area contributed by atoms with Gasteiger partial charge in [-0.15, -0.1) is 0 Å². The lowest BCUT2D eigenvalue weighted by molar-refractivity contribution is 0.785. The molecule has 0 aliphatic carbocycles. The van der Waals surface area contributed by atoms with Gasteiger partial charge in [0.1, 0.15) is 0 Å². The summed E-state index contributed by atoms with van der Waals surface area (Å²) in [4.78, 5) is 4.67. The summed E-state index contributed by atoms with van der Waals surface area (Å²) in [5.41, 5.74) is 11.7. The van der Waals surface area contributed by atoms with Gasteiger partial charge in [0, 0.05) is 11.4 Å². The first-order valence-corrected chi connectivity index (χ1v) is 5.63. The number of aryl methyl sites for hydroxylation is 3. The molecule has 1 unspecified atom stereocenters. The van der Waals surface area contributed by atoms with Crippen molar-refractivity contribution in [1.29, 1.82) is 0 Å². The highest BCUT2D eigenvalue weighted by molar-refractivity contribution is 5.88. The van der Waals surface area contributed by atoms with Gasteiger partial charge >= 0.3 is 0 Å². The van der Waals surface area contributed by atoms with Crippen molar-refractivity contribution in [2.24, 2.45) is 5.73 Å². The average molecular weight is 214 g/mol. The molecule has 0 saturated heterocycles. The summed E-state index contributed by atoms with van der Waals surface area (Å²) in [7, 11) is 0. The van der Waals surface area contributed by atoms with Crippen molar-refractivity contribution in [3.63, 3.8) is 0 Å². The molecule has 2 N–H and O–H groups in total. The molecule has 0 radical (unpaired) electrons. The van der Waals surface area contributed by atoms with Crippen LogP contribution in [0.15, 0.2) is 18.2 Å². The number of hydrogen-bond acceptors (Lipinski definition) is 2. The molecule has 1 aromatic heterocycles. The SMILES string of the molecule is Cc1ccc(C)c2c(C)cc(C(C)N)nc12. The van der Waals surface area contributed by atoms with Crippen LogP contribution in [-0.4, -0.2) is 4.98 Å². The zero-order valence-electron chi connectivity index (χ0n) is 10.3. The number of nitrogens with two attached hydrogens (primary N) is 1. The topological polar surface area (TPSA) is 38.9 Å². The Hall–Kier alpha value is -1.41. The fourth-order valence-electron chi connectivity index (χ4n) is 2.13. The van der Waals surface area contributed by atoms with E-state index in [1.807, 2.05) is 6.92 Å². The van der Waals surface area contributed by atoms with E-state index < -0.39 is 0 Å². The second kappa shape index (κ2) is 3.87. The van der Waals surface area contributed by atoms with E-state index in [0.717, 1.165) is 11.2 Å². The Kier molecular flexibility index (Phi) is 2.68. The molecule has 0 fully saturated rings. The maximum atomic E-state index is 5.90. The van der Waals surface area contributed by atoms with Gasteiger partial charge in [-0.3, -0.25) is 4.98 Å². The van der Waals surface area contributed by atoms with Crippen LogP contribution in [0, 0.1) is 20.8 Å². The fraction of sp³-hybridized carbons (Fsp3) is 0.357. The van der Waals surface area contributed by atoms with Crippen molar-refractivity contribution in [1.82, 2.24) is 4.98 Å². The molecular weight excluding hydrogens is 196 g/mol. The number of aromatic nitrogens is 1. The molecule has 16 heavy (non-hydrogen) atoms. The Balaban J connectivity index is 2.86. The summed E-state index contributed by atoms with van der Waals surface area (Å²) in [6.07, 6.45) is 0. The van der Waals surface area contributed by atoms with Crippen molar-refractivity contribution in [3.05, 3.63) is 40.6 Å². The van der Waals surface area contributed by atoms with Gasteiger partial charge in [0.05, 0.1) is 11.2 Å². The summed E-state index contributed by atoms with van der Waals surface area (Å²) >= 11 is 0. The first kappa shape index (κ1) is 11.1. The number of pyridine rings is 1. The van der Waals surface area contributed by atoms with E-state index in [1.165, 1.54) is 22.1 Å². The number of hydrogen-bond donors (Lipinski definition) is 1. The lowest BCUT2D eigenvalue weighted by Gasteiger charge is -2.12. The largest absolute Gasteiger partial charge is 0.323 e. The molecule has 1 atom stereocenters. The minimum atomic E-state index is -0.0111. The van der Waals surface area contributed by atoms with Crippen LogP contribution in [0.25, 0.3) is 10.9 Å². The normalized spacial score (nSPS) is 13.1. The van der Waals surface area contributed by atoms with Gasteiger partial charge < -0.3 is 5.73 Å². The van der Waals surface area contributed by atoms with E-state index in [4.69, 9.17) is 5.73 Å². The second-order valence-electron chi connectivity index (χ2n) is 4.58. The lowest BCUT2D eigenvalue weighted by atomic mass is 10.00. The molecule has 84 valence electrons. The number of fused-ring (bicyclic) bond motifs is 1. The van der Waals surface area contributed by atoms with Crippen LogP contribution in [-0.2, 0) is 0 Å². The molecule has 2 rings (SSSR count). The molecule has 0 aliphatic rings. The van der Waals surface area contributed by atoms with Gasteiger partial charge in [-0.2, -0.15) is 0 Å². The Morgan fingerprint density at radius 2 is 1.69 bits per heavy atom. The van der Waals surface area contributed by atoms with E-state index in [-0.39, 0.29) is 6.04 Å². The third-order valence-corrected chi connectivity index (χ3v) is 3.05. The van der Waals surface area contributed by atoms with Crippen molar-refractivity contribution >= 4 is 10.9 Å². The highest BCUT2D eigenvalue weighted by Crippen LogP contribution is 2.25. The standard InChI is InChI=1S/C14H18N2/c1-8-5-6-9(2)14-13(8)10(3)7-12(16-14)11(4)15/h5-7,11H,15H2,1-4H3. The van der Waals surface area contributed by atoms with Gasteiger partial charge in [-0.25, -0.2) is 0 Å². The third kappa shape index (κ3) is 1.69. The molecular formula is C14H18N2. The maximum absolute atomic E-state index is 5.90. The predicted octanol–water partition coefficient (Wildman–Crippen LogP) is 3.18. The Labute approximate surface area is 96.5 Å². The smallest absolute Gasteiger partial charge is 0.0740 e. The van der Waals surface area contributed by atoms with Crippen molar-refractivity contribution in [2.75, 3.05) is 0 Å². The quantitative estimate of drug-likeness (QED) is 0.791. The molecule has 1 aromatic carbocycles. The molecule has 0 bridgehead atoms. The molecule has 2 nitrogen and oxygen atoms in total. The van der Waals surface area contributed by atoms with E-state index >= 15 is 0 Å². The van der Waals surface area contributed by atoms with Crippen molar-refractivity contribution in [2.45, 2.75) is 33.7 Å². The molecule has 2 aromatic rings. The highest BCUT2D eigenvalue weighted by atomic mass is 14.8. The Morgan fingerprint density at radius 1 is 1.06 bits per heavy atom. The summed E-state index contributed by atoms with van der Waals surface area (Å²) < 4.78 is 0. The van der Waals surface area contributed by atoms with Crippen LogP contribution in [0.2, 0.25) is 0 Å². The maximum Gasteiger partial charge on any atom is 0.0740 e. The van der Waals surface area contributed by atoms with Crippen LogP contribution < -0.4 is 5.73 Å². The van der Waals surface area contributed by atoms with Gasteiger partial charge in [0.15, 0.2) is 0 Å². The van der Waals surface area contributed by atoms with Crippen LogP contribution in [0.1, 0.15) is 35.3 Å². The van der Waals surface area contributed by atoms with E-state index in [1.54, 1.807) is 0 Å². The van der Waals surface area contributed by atoms with E-state index in [9.17, 15) is 0 Å². The molecule has 0 aliphatic heterocycles. The third-order valence-electron chi connectivity index (χ3n) is 3.05. The van der Waals surface area contributed by atoms with Crippen molar-refractivity contribution in [3.8, 4) is 0 Å². The summed E-state index contributed by atoms with van der Waals surface area (Å²) in [6.45, 7) is 8.32. The van der Waals surface area contributed by atoms with Crippen LogP contribution in [0.4, 0.5) is 0 Å². The molecule has 0 amide bonds. The molecule has 0 spiro atoms. The summed E-state index contributed by atoms with van der Waals surface area (Å²) in [5, 5.41) is 1.27. The Bertz CT molecular complexity index is 542. The van der Waals surface area contributed by atoms with Gasteiger partial charge in [-0.05, 0) is 50.5 Å². The highest BCUT2D eigenvalue weighted by Gasteiger charge is 2.09. The predicted molar refractivity (Wildman–Crippen MR) is 68.6 cm³/mol. The average Bonchev–Trinajstić information content (AvgIpc) is 2.22. The van der Waals surface area contributed by atoms with Gasteiger partial charge in [0.2, 0.25) is 0 Å². The minimum Gasteiger partial charge on any atom is -0.323 e. The molecule has 0 saturated carbocycles. The number of benzene rings is 1. The van der Waals surface area contributed by atoms with Gasteiger partial charge in [-0.1, -0.05) is 12.1 Å². The summed E-state index contributed by atoms with van der Waals surface area (Å²) in [5.74, 6) is 0. The zero-order valence-corrected chi connectivity index (χ0v) is 10.3. The van der Waals surface area contributed by atoms with Gasteiger partial charge in [0.25, 0.3) is 0 Å². The summed E-state index contributed by atoms with van der Waals surface area (Å²) in [6, 6.07) is 6.36. The molecule has 1 heterocycles. The lowest BCUT2D eigenvalue weighted by Crippen LogP contribution is -2.08. The first-order valence-electron chi connectivity index (χ1n) is 5.63. The zero-order chi connectivity index (χ0) is 11.9. The van der Waals surface area contributed by atoms with E-state index in [2.05, 4.69) is 44.0 Å². The molecule has 2 heteroatoms. The minimum absolute atomic E-state index is 0.0111. The monoisotopic (exact) mass is 214 g/mol. The fourth-order valence-corrected chi connectivity index (χ4v) is 2.13. The first-order chi connectivity index (χ1) is 7.50. The van der Waals surface area contributed by atoms with Crippen LogP contribution >= 0.6 is 0 Å². The van der Waals surface area contributed by atoms with Crippen LogP contribution in [0.5, 0.6) is 0 Å². The number of rotatable bonds is 1. The van der Waals surface area contributed by atoms with Crippen LogP contribution in [0.3, 0.4) is 0 Å².